The molecule has 0 saturated carbocycles. The van der Waals surface area contributed by atoms with Gasteiger partial charge in [0, 0.05) is 17.0 Å². The van der Waals surface area contributed by atoms with Crippen LogP contribution in [0.2, 0.25) is 0 Å². The molecule has 0 spiro atoms. The van der Waals surface area contributed by atoms with E-state index in [2.05, 4.69) is 45.0 Å². The second kappa shape index (κ2) is 6.61. The van der Waals surface area contributed by atoms with Crippen LogP contribution in [-0.4, -0.2) is 11.0 Å². The van der Waals surface area contributed by atoms with Gasteiger partial charge < -0.3 is 10.2 Å². The van der Waals surface area contributed by atoms with Crippen molar-refractivity contribution in [3.63, 3.8) is 0 Å². The Morgan fingerprint density at radius 3 is 2.46 bits per heavy atom. The number of nitriles is 1. The maximum Gasteiger partial charge on any atom is 0.200 e. The lowest BCUT2D eigenvalue weighted by molar-refractivity contribution is 0.410. The summed E-state index contributed by atoms with van der Waals surface area (Å²) < 4.78 is 6.33. The summed E-state index contributed by atoms with van der Waals surface area (Å²) >= 11 is 0. The van der Waals surface area contributed by atoms with Gasteiger partial charge in [0.2, 0.25) is 5.89 Å². The molecule has 1 aromatic heterocycles. The molecule has 142 valence electrons. The monoisotopic (exact) mass is 371 g/mol. The Bertz CT molecular complexity index is 1120. The molecule has 0 bridgehead atoms. The molecule has 0 fully saturated rings. The van der Waals surface area contributed by atoms with Crippen molar-refractivity contribution in [2.45, 2.75) is 52.0 Å². The van der Waals surface area contributed by atoms with E-state index in [9.17, 15) is 5.26 Å². The van der Waals surface area contributed by atoms with Gasteiger partial charge in [-0.15, -0.1) is 0 Å². The zero-order valence-corrected chi connectivity index (χ0v) is 16.8. The molecule has 3 aromatic rings. The van der Waals surface area contributed by atoms with Crippen molar-refractivity contribution in [3.8, 4) is 17.2 Å². The van der Waals surface area contributed by atoms with Crippen LogP contribution >= 0.6 is 0 Å². The predicted octanol–water partition coefficient (Wildman–Crippen LogP) is 5.48. The molecule has 2 N–H and O–H groups in total. The first kappa shape index (κ1) is 18.5. The highest BCUT2D eigenvalue weighted by molar-refractivity contribution is 6.01. The Morgan fingerprint density at radius 2 is 1.89 bits per heavy atom. The highest BCUT2D eigenvalue weighted by atomic mass is 16.3. The van der Waals surface area contributed by atoms with E-state index in [0.29, 0.717) is 22.6 Å². The van der Waals surface area contributed by atoms with Gasteiger partial charge in [-0.25, -0.2) is 4.98 Å². The summed E-state index contributed by atoms with van der Waals surface area (Å²) in [6, 6.07) is 12.6. The minimum Gasteiger partial charge on any atom is -0.439 e. The van der Waals surface area contributed by atoms with E-state index < -0.39 is 0 Å². The third-order valence-electron chi connectivity index (χ3n) is 5.39. The molecule has 0 aliphatic heterocycles. The van der Waals surface area contributed by atoms with Crippen LogP contribution in [0.3, 0.4) is 0 Å². The van der Waals surface area contributed by atoms with Gasteiger partial charge in [-0.1, -0.05) is 57.2 Å². The SMILES string of the molecule is Cc1c(-c2ccccc2)c(C2=CC(N)CC2)c2oc(C(C)(C)C)nc2c1C#N. The van der Waals surface area contributed by atoms with Crippen molar-refractivity contribution < 1.29 is 4.42 Å². The topological polar surface area (TPSA) is 75.8 Å². The van der Waals surface area contributed by atoms with Crippen LogP contribution in [-0.2, 0) is 5.41 Å². The number of allylic oxidation sites excluding steroid dienone is 1. The number of fused-ring (bicyclic) bond motifs is 1. The fourth-order valence-corrected chi connectivity index (χ4v) is 3.95. The maximum atomic E-state index is 9.93. The molecular formula is C24H25N3O. The molecule has 4 nitrogen and oxygen atoms in total. The van der Waals surface area contributed by atoms with Gasteiger partial charge in [-0.3, -0.25) is 0 Å². The molecule has 1 aliphatic carbocycles. The van der Waals surface area contributed by atoms with E-state index >= 15 is 0 Å². The molecule has 1 aliphatic rings. The zero-order chi connectivity index (χ0) is 20.1. The second-order valence-corrected chi connectivity index (χ2v) is 8.57. The molecule has 1 unspecified atom stereocenters. The first-order valence-corrected chi connectivity index (χ1v) is 9.71. The first-order chi connectivity index (χ1) is 13.3. The van der Waals surface area contributed by atoms with Crippen LogP contribution < -0.4 is 5.73 Å². The van der Waals surface area contributed by atoms with Crippen molar-refractivity contribution in [1.82, 2.24) is 4.98 Å². The van der Waals surface area contributed by atoms with E-state index in [4.69, 9.17) is 15.1 Å². The van der Waals surface area contributed by atoms with Gasteiger partial charge in [-0.05, 0) is 42.0 Å². The smallest absolute Gasteiger partial charge is 0.200 e. The average molecular weight is 371 g/mol. The lowest BCUT2D eigenvalue weighted by Crippen LogP contribution is -2.11. The molecule has 4 rings (SSSR count). The van der Waals surface area contributed by atoms with Gasteiger partial charge >= 0.3 is 0 Å². The van der Waals surface area contributed by atoms with Crippen LogP contribution in [0.1, 0.15) is 56.2 Å². The van der Waals surface area contributed by atoms with Gasteiger partial charge in [0.05, 0.1) is 5.56 Å². The molecule has 1 atom stereocenters. The summed E-state index contributed by atoms with van der Waals surface area (Å²) in [7, 11) is 0. The zero-order valence-electron chi connectivity index (χ0n) is 16.8. The summed E-state index contributed by atoms with van der Waals surface area (Å²) in [5.41, 5.74) is 13.1. The summed E-state index contributed by atoms with van der Waals surface area (Å²) in [4.78, 5) is 4.75. The van der Waals surface area contributed by atoms with Crippen LogP contribution in [0.25, 0.3) is 27.8 Å². The lowest BCUT2D eigenvalue weighted by atomic mass is 9.87. The average Bonchev–Trinajstić information content (AvgIpc) is 3.28. The Labute approximate surface area is 165 Å². The predicted molar refractivity (Wildman–Crippen MR) is 113 cm³/mol. The Morgan fingerprint density at radius 1 is 1.18 bits per heavy atom. The molecule has 4 heteroatoms. The van der Waals surface area contributed by atoms with E-state index in [1.165, 1.54) is 5.57 Å². The Hall–Kier alpha value is -2.90. The summed E-state index contributed by atoms with van der Waals surface area (Å²) in [6.45, 7) is 8.21. The van der Waals surface area contributed by atoms with Crippen molar-refractivity contribution in [2.24, 2.45) is 5.73 Å². The lowest BCUT2D eigenvalue weighted by Gasteiger charge is -2.16. The summed E-state index contributed by atoms with van der Waals surface area (Å²) in [5, 5.41) is 9.93. The van der Waals surface area contributed by atoms with Crippen LogP contribution in [0, 0.1) is 18.3 Å². The molecule has 0 saturated heterocycles. The normalized spacial score (nSPS) is 17.0. The minimum absolute atomic E-state index is 0.0506. The quantitative estimate of drug-likeness (QED) is 0.647. The van der Waals surface area contributed by atoms with Crippen molar-refractivity contribution in [2.75, 3.05) is 0 Å². The number of nitrogens with two attached hydrogens (primary N) is 1. The molecule has 28 heavy (non-hydrogen) atoms. The number of nitrogens with zero attached hydrogens (tertiary/aromatic N) is 2. The van der Waals surface area contributed by atoms with Gasteiger partial charge in [-0.2, -0.15) is 5.26 Å². The number of benzene rings is 2. The van der Waals surface area contributed by atoms with E-state index in [1.54, 1.807) is 0 Å². The molecule has 0 amide bonds. The fourth-order valence-electron chi connectivity index (χ4n) is 3.95. The van der Waals surface area contributed by atoms with Crippen LogP contribution in [0.5, 0.6) is 0 Å². The summed E-state index contributed by atoms with van der Waals surface area (Å²) in [5.74, 6) is 0.646. The fraction of sp³-hybridized carbons (Fsp3) is 0.333. The largest absolute Gasteiger partial charge is 0.439 e. The number of hydrogen-bond acceptors (Lipinski definition) is 4. The third-order valence-corrected chi connectivity index (χ3v) is 5.39. The standard InChI is InChI=1S/C24H25N3O/c1-14-18(13-25)21-22(28-23(27-21)24(2,3)4)20(16-10-11-17(26)12-16)19(14)15-8-6-5-7-9-15/h5-9,12,17H,10-11,26H2,1-4H3. The molecule has 2 aromatic carbocycles. The van der Waals surface area contributed by atoms with Gasteiger partial charge in [0.15, 0.2) is 5.58 Å². The van der Waals surface area contributed by atoms with E-state index in [0.717, 1.165) is 35.1 Å². The number of rotatable bonds is 2. The molecule has 0 radical (unpaired) electrons. The number of oxazole rings is 1. The van der Waals surface area contributed by atoms with Crippen molar-refractivity contribution in [1.29, 1.82) is 5.26 Å². The second-order valence-electron chi connectivity index (χ2n) is 8.57. The Balaban J connectivity index is 2.17. The van der Waals surface area contributed by atoms with Crippen molar-refractivity contribution in [3.05, 3.63) is 59.0 Å². The van der Waals surface area contributed by atoms with E-state index in [1.807, 2.05) is 25.1 Å². The molecular weight excluding hydrogens is 346 g/mol. The first-order valence-electron chi connectivity index (χ1n) is 9.71. The van der Waals surface area contributed by atoms with Crippen LogP contribution in [0.15, 0.2) is 40.8 Å². The van der Waals surface area contributed by atoms with E-state index in [-0.39, 0.29) is 11.5 Å². The highest BCUT2D eigenvalue weighted by Crippen LogP contribution is 2.44. The van der Waals surface area contributed by atoms with Gasteiger partial charge in [0.25, 0.3) is 0 Å². The highest BCUT2D eigenvalue weighted by Gasteiger charge is 2.29. The van der Waals surface area contributed by atoms with Gasteiger partial charge in [0.1, 0.15) is 11.6 Å². The summed E-state index contributed by atoms with van der Waals surface area (Å²) in [6.07, 6.45) is 3.95. The minimum atomic E-state index is -0.246. The molecule has 1 heterocycles. The Kier molecular flexibility index (Phi) is 4.36. The maximum absolute atomic E-state index is 9.93. The number of aromatic nitrogens is 1. The van der Waals surface area contributed by atoms with Crippen LogP contribution in [0.4, 0.5) is 0 Å². The van der Waals surface area contributed by atoms with Crippen molar-refractivity contribution >= 4 is 16.7 Å². The number of hydrogen-bond donors (Lipinski definition) is 1. The third kappa shape index (κ3) is 2.93.